The Labute approximate surface area is 106 Å². The molecule has 1 heterocycles. The summed E-state index contributed by atoms with van der Waals surface area (Å²) in [5.41, 5.74) is 1.42. The molecule has 1 amide bonds. The lowest BCUT2D eigenvalue weighted by molar-refractivity contribution is -0.137. The highest BCUT2D eigenvalue weighted by Gasteiger charge is 2.04. The molecule has 0 radical (unpaired) electrons. The van der Waals surface area contributed by atoms with E-state index >= 15 is 0 Å². The monoisotopic (exact) mass is 250 g/mol. The van der Waals surface area contributed by atoms with Gasteiger partial charge in [0.15, 0.2) is 0 Å². The molecule has 0 spiro atoms. The molecule has 5 heteroatoms. The molecule has 0 bridgehead atoms. The fourth-order valence-corrected chi connectivity index (χ4v) is 1.48. The maximum absolute atomic E-state index is 11.7. The SMILES string of the molecule is Cc1ccc(C(=O)NCCCCCC(=O)O)cn1. The van der Waals surface area contributed by atoms with Crippen LogP contribution in [0.1, 0.15) is 41.7 Å². The number of carbonyl (C=O) groups excluding carboxylic acids is 1. The number of aliphatic carboxylic acids is 1. The number of carbonyl (C=O) groups is 2. The van der Waals surface area contributed by atoms with E-state index in [0.717, 1.165) is 18.5 Å². The second-order valence-electron chi connectivity index (χ2n) is 4.15. The third kappa shape index (κ3) is 5.43. The fourth-order valence-electron chi connectivity index (χ4n) is 1.48. The maximum atomic E-state index is 11.7. The minimum absolute atomic E-state index is 0.138. The van der Waals surface area contributed by atoms with Gasteiger partial charge in [0.1, 0.15) is 0 Å². The lowest BCUT2D eigenvalue weighted by atomic mass is 10.2. The summed E-state index contributed by atoms with van der Waals surface area (Å²) in [5, 5.41) is 11.2. The smallest absolute Gasteiger partial charge is 0.303 e. The van der Waals surface area contributed by atoms with Crippen molar-refractivity contribution < 1.29 is 14.7 Å². The number of hydrogen-bond acceptors (Lipinski definition) is 3. The summed E-state index contributed by atoms with van der Waals surface area (Å²) in [6, 6.07) is 3.53. The molecule has 1 rings (SSSR count). The van der Waals surface area contributed by atoms with Crippen LogP contribution in [0.25, 0.3) is 0 Å². The van der Waals surface area contributed by atoms with Crippen molar-refractivity contribution in [1.29, 1.82) is 0 Å². The Morgan fingerprint density at radius 3 is 2.67 bits per heavy atom. The first-order chi connectivity index (χ1) is 8.59. The normalized spacial score (nSPS) is 10.1. The molecule has 1 aromatic rings. The molecule has 5 nitrogen and oxygen atoms in total. The zero-order valence-corrected chi connectivity index (χ0v) is 10.5. The van der Waals surface area contributed by atoms with Crippen molar-refractivity contribution in [3.63, 3.8) is 0 Å². The van der Waals surface area contributed by atoms with Gasteiger partial charge >= 0.3 is 5.97 Å². The number of aryl methyl sites for hydroxylation is 1. The molecule has 2 N–H and O–H groups in total. The number of carboxylic acid groups (broad SMARTS) is 1. The molecule has 0 fully saturated rings. The minimum Gasteiger partial charge on any atom is -0.481 e. The number of hydrogen-bond donors (Lipinski definition) is 2. The van der Waals surface area contributed by atoms with Gasteiger partial charge in [0, 0.05) is 24.9 Å². The van der Waals surface area contributed by atoms with Gasteiger partial charge < -0.3 is 10.4 Å². The number of amides is 1. The standard InChI is InChI=1S/C13H18N2O3/c1-10-6-7-11(9-15-10)13(18)14-8-4-2-3-5-12(16)17/h6-7,9H,2-5,8H2,1H3,(H,14,18)(H,16,17). The van der Waals surface area contributed by atoms with Crippen molar-refractivity contribution in [2.75, 3.05) is 6.54 Å². The van der Waals surface area contributed by atoms with E-state index in [1.54, 1.807) is 18.3 Å². The van der Waals surface area contributed by atoms with Crippen molar-refractivity contribution in [2.45, 2.75) is 32.6 Å². The molecule has 0 saturated carbocycles. The second kappa shape index (κ2) is 7.42. The van der Waals surface area contributed by atoms with E-state index in [2.05, 4.69) is 10.3 Å². The Morgan fingerprint density at radius 1 is 1.28 bits per heavy atom. The Hall–Kier alpha value is -1.91. The number of pyridine rings is 1. The maximum Gasteiger partial charge on any atom is 0.303 e. The molecule has 0 unspecified atom stereocenters. The third-order valence-electron chi connectivity index (χ3n) is 2.53. The average Bonchev–Trinajstić information content (AvgIpc) is 2.34. The van der Waals surface area contributed by atoms with E-state index in [0.29, 0.717) is 18.5 Å². The zero-order chi connectivity index (χ0) is 13.4. The van der Waals surface area contributed by atoms with Crippen molar-refractivity contribution in [1.82, 2.24) is 10.3 Å². The lowest BCUT2D eigenvalue weighted by Gasteiger charge is -2.04. The largest absolute Gasteiger partial charge is 0.481 e. The number of nitrogens with one attached hydrogen (secondary N) is 1. The van der Waals surface area contributed by atoms with E-state index in [1.165, 1.54) is 0 Å². The predicted octanol–water partition coefficient (Wildman–Crippen LogP) is 1.76. The van der Waals surface area contributed by atoms with Crippen LogP contribution in [0.4, 0.5) is 0 Å². The Kier molecular flexibility index (Phi) is 5.84. The first-order valence-corrected chi connectivity index (χ1v) is 6.02. The van der Waals surface area contributed by atoms with Gasteiger partial charge in [-0.25, -0.2) is 0 Å². The van der Waals surface area contributed by atoms with E-state index < -0.39 is 5.97 Å². The average molecular weight is 250 g/mol. The predicted molar refractivity (Wildman–Crippen MR) is 67.4 cm³/mol. The number of unbranched alkanes of at least 4 members (excludes halogenated alkanes) is 2. The lowest BCUT2D eigenvalue weighted by Crippen LogP contribution is -2.24. The van der Waals surface area contributed by atoms with Gasteiger partial charge in [-0.05, 0) is 31.9 Å². The molecule has 0 saturated heterocycles. The van der Waals surface area contributed by atoms with E-state index in [4.69, 9.17) is 5.11 Å². The number of aromatic nitrogens is 1. The Bertz CT molecular complexity index is 401. The summed E-state index contributed by atoms with van der Waals surface area (Å²) in [6.07, 6.45) is 3.99. The summed E-state index contributed by atoms with van der Waals surface area (Å²) in [4.78, 5) is 26.0. The highest BCUT2D eigenvalue weighted by atomic mass is 16.4. The van der Waals surface area contributed by atoms with Gasteiger partial charge in [-0.3, -0.25) is 14.6 Å². The molecule has 98 valence electrons. The summed E-state index contributed by atoms with van der Waals surface area (Å²) in [6.45, 7) is 2.43. The fraction of sp³-hybridized carbons (Fsp3) is 0.462. The number of carboxylic acids is 1. The van der Waals surface area contributed by atoms with E-state index in [9.17, 15) is 9.59 Å². The van der Waals surface area contributed by atoms with Crippen LogP contribution in [0.5, 0.6) is 0 Å². The molecule has 0 aliphatic rings. The van der Waals surface area contributed by atoms with Crippen LogP contribution in [0.3, 0.4) is 0 Å². The van der Waals surface area contributed by atoms with Crippen LogP contribution < -0.4 is 5.32 Å². The van der Waals surface area contributed by atoms with Gasteiger partial charge in [-0.1, -0.05) is 6.42 Å². The van der Waals surface area contributed by atoms with E-state index in [1.807, 2.05) is 6.92 Å². The molecule has 0 aromatic carbocycles. The summed E-state index contributed by atoms with van der Waals surface area (Å²) in [5.74, 6) is -0.912. The molecule has 1 aromatic heterocycles. The Morgan fingerprint density at radius 2 is 2.06 bits per heavy atom. The van der Waals surface area contributed by atoms with Gasteiger partial charge in [0.2, 0.25) is 0 Å². The van der Waals surface area contributed by atoms with Crippen molar-refractivity contribution in [3.05, 3.63) is 29.6 Å². The second-order valence-corrected chi connectivity index (χ2v) is 4.15. The summed E-state index contributed by atoms with van der Waals surface area (Å²) < 4.78 is 0. The molecule has 0 aliphatic carbocycles. The van der Waals surface area contributed by atoms with Gasteiger partial charge in [-0.2, -0.15) is 0 Å². The van der Waals surface area contributed by atoms with Crippen LogP contribution in [0.15, 0.2) is 18.3 Å². The summed E-state index contributed by atoms with van der Waals surface area (Å²) in [7, 11) is 0. The van der Waals surface area contributed by atoms with Gasteiger partial charge in [0.25, 0.3) is 5.91 Å². The topological polar surface area (TPSA) is 79.3 Å². The first-order valence-electron chi connectivity index (χ1n) is 6.02. The van der Waals surface area contributed by atoms with E-state index in [-0.39, 0.29) is 12.3 Å². The van der Waals surface area contributed by atoms with Crippen LogP contribution in [0.2, 0.25) is 0 Å². The van der Waals surface area contributed by atoms with Crippen LogP contribution in [-0.2, 0) is 4.79 Å². The number of rotatable bonds is 7. The first kappa shape index (κ1) is 14.2. The molecular formula is C13H18N2O3. The minimum atomic E-state index is -0.773. The number of nitrogens with zero attached hydrogens (tertiary/aromatic N) is 1. The Balaban J connectivity index is 2.17. The molecule has 0 aliphatic heterocycles. The quantitative estimate of drug-likeness (QED) is 0.723. The zero-order valence-electron chi connectivity index (χ0n) is 10.5. The third-order valence-corrected chi connectivity index (χ3v) is 2.53. The van der Waals surface area contributed by atoms with Crippen LogP contribution in [-0.4, -0.2) is 28.5 Å². The van der Waals surface area contributed by atoms with Crippen LogP contribution in [0, 0.1) is 6.92 Å². The van der Waals surface area contributed by atoms with Crippen molar-refractivity contribution in [2.24, 2.45) is 0 Å². The van der Waals surface area contributed by atoms with Gasteiger partial charge in [-0.15, -0.1) is 0 Å². The molecule has 18 heavy (non-hydrogen) atoms. The highest BCUT2D eigenvalue weighted by molar-refractivity contribution is 5.93. The molecule has 0 atom stereocenters. The summed E-state index contributed by atoms with van der Waals surface area (Å²) >= 11 is 0. The van der Waals surface area contributed by atoms with Gasteiger partial charge in [0.05, 0.1) is 5.56 Å². The highest BCUT2D eigenvalue weighted by Crippen LogP contribution is 2.01. The molecular weight excluding hydrogens is 232 g/mol. The van der Waals surface area contributed by atoms with Crippen molar-refractivity contribution in [3.8, 4) is 0 Å². The van der Waals surface area contributed by atoms with Crippen LogP contribution >= 0.6 is 0 Å². The van der Waals surface area contributed by atoms with Crippen molar-refractivity contribution >= 4 is 11.9 Å².